The molecule has 0 saturated carbocycles. The van der Waals surface area contributed by atoms with E-state index in [1.807, 2.05) is 23.6 Å². The summed E-state index contributed by atoms with van der Waals surface area (Å²) in [5.74, 6) is 0. The van der Waals surface area contributed by atoms with Crippen molar-refractivity contribution in [2.45, 2.75) is 25.3 Å². The molecule has 202 valence electrons. The van der Waals surface area contributed by atoms with Gasteiger partial charge in [-0.2, -0.15) is 0 Å². The number of benzene rings is 5. The van der Waals surface area contributed by atoms with Gasteiger partial charge in [-0.05, 0) is 34.9 Å². The van der Waals surface area contributed by atoms with Crippen molar-refractivity contribution in [3.8, 4) is 5.69 Å². The normalized spacial score (nSPS) is 16.6. The molecule has 0 amide bonds. The lowest BCUT2D eigenvalue weighted by Crippen LogP contribution is -2.26. The molecule has 5 aromatic carbocycles. The SMILES string of the molecule is CC1(c2ccccc2)C=Cc2c(n(-c3cccc(C=NCc4ccccc4)c3)c3c2ccc2c4ccccc4sc23)C1. The van der Waals surface area contributed by atoms with Crippen LogP contribution in [0, 0.1) is 0 Å². The van der Waals surface area contributed by atoms with Crippen molar-refractivity contribution in [3.63, 3.8) is 0 Å². The van der Waals surface area contributed by atoms with E-state index in [2.05, 4.69) is 139 Å². The minimum Gasteiger partial charge on any atom is -0.311 e. The molecule has 0 fully saturated rings. The van der Waals surface area contributed by atoms with E-state index < -0.39 is 0 Å². The third-order valence-electron chi connectivity index (χ3n) is 8.69. The van der Waals surface area contributed by atoms with E-state index in [1.165, 1.54) is 59.1 Å². The van der Waals surface area contributed by atoms with Crippen molar-refractivity contribution in [1.29, 1.82) is 0 Å². The maximum Gasteiger partial charge on any atom is 0.0716 e. The van der Waals surface area contributed by atoms with Crippen molar-refractivity contribution in [1.82, 2.24) is 4.57 Å². The summed E-state index contributed by atoms with van der Waals surface area (Å²) in [4.78, 5) is 4.78. The van der Waals surface area contributed by atoms with Gasteiger partial charge in [-0.15, -0.1) is 11.3 Å². The van der Waals surface area contributed by atoms with Crippen LogP contribution in [0.5, 0.6) is 0 Å². The van der Waals surface area contributed by atoms with Crippen LogP contribution in [-0.4, -0.2) is 10.8 Å². The van der Waals surface area contributed by atoms with E-state index in [1.54, 1.807) is 0 Å². The highest BCUT2D eigenvalue weighted by Crippen LogP contribution is 2.46. The number of rotatable bonds is 5. The van der Waals surface area contributed by atoms with Gasteiger partial charge in [-0.1, -0.05) is 122 Å². The number of fused-ring (bicyclic) bond motifs is 7. The smallest absolute Gasteiger partial charge is 0.0716 e. The number of hydrogen-bond donors (Lipinski definition) is 0. The lowest BCUT2D eigenvalue weighted by molar-refractivity contribution is 0.573. The first-order valence-corrected chi connectivity index (χ1v) is 15.4. The second kappa shape index (κ2) is 9.97. The molecule has 0 spiro atoms. The minimum absolute atomic E-state index is 0.0889. The molecule has 7 aromatic rings. The fourth-order valence-corrected chi connectivity index (χ4v) is 7.79. The Balaban J connectivity index is 1.33. The van der Waals surface area contributed by atoms with Crippen molar-refractivity contribution in [2.24, 2.45) is 4.99 Å². The van der Waals surface area contributed by atoms with E-state index in [9.17, 15) is 0 Å². The quantitative estimate of drug-likeness (QED) is 0.187. The van der Waals surface area contributed by atoms with E-state index in [0.29, 0.717) is 6.54 Å². The van der Waals surface area contributed by atoms with Gasteiger partial charge in [0, 0.05) is 55.9 Å². The summed E-state index contributed by atoms with van der Waals surface area (Å²) in [5, 5.41) is 3.98. The van der Waals surface area contributed by atoms with Gasteiger partial charge in [0.15, 0.2) is 0 Å². The molecule has 8 rings (SSSR count). The van der Waals surface area contributed by atoms with E-state index in [0.717, 1.165) is 12.0 Å². The molecule has 2 aromatic heterocycles. The Morgan fingerprint density at radius 2 is 1.55 bits per heavy atom. The molecule has 1 atom stereocenters. The lowest BCUT2D eigenvalue weighted by Gasteiger charge is -2.31. The van der Waals surface area contributed by atoms with Crippen LogP contribution >= 0.6 is 11.3 Å². The molecule has 2 heterocycles. The Bertz CT molecular complexity index is 2150. The summed E-state index contributed by atoms with van der Waals surface area (Å²) in [6, 6.07) is 43.7. The molecule has 0 aliphatic heterocycles. The first kappa shape index (κ1) is 25.0. The minimum atomic E-state index is -0.0889. The summed E-state index contributed by atoms with van der Waals surface area (Å²) < 4.78 is 5.22. The van der Waals surface area contributed by atoms with Gasteiger partial charge in [0.25, 0.3) is 0 Å². The van der Waals surface area contributed by atoms with Crippen LogP contribution < -0.4 is 0 Å². The number of nitrogens with zero attached hydrogens (tertiary/aromatic N) is 2. The molecular weight excluding hydrogens is 529 g/mol. The first-order chi connectivity index (χ1) is 20.7. The second-order valence-electron chi connectivity index (χ2n) is 11.5. The predicted octanol–water partition coefficient (Wildman–Crippen LogP) is 10.1. The lowest BCUT2D eigenvalue weighted by atomic mass is 9.74. The van der Waals surface area contributed by atoms with Gasteiger partial charge in [0.1, 0.15) is 0 Å². The molecule has 42 heavy (non-hydrogen) atoms. The van der Waals surface area contributed by atoms with Crippen molar-refractivity contribution in [3.05, 3.63) is 155 Å². The van der Waals surface area contributed by atoms with Crippen LogP contribution in [0.15, 0.2) is 132 Å². The molecule has 2 nitrogen and oxygen atoms in total. The maximum absolute atomic E-state index is 4.78. The zero-order valence-corrected chi connectivity index (χ0v) is 24.3. The van der Waals surface area contributed by atoms with E-state index in [-0.39, 0.29) is 5.41 Å². The van der Waals surface area contributed by atoms with Gasteiger partial charge in [0.05, 0.1) is 16.8 Å². The average molecular weight is 559 g/mol. The van der Waals surface area contributed by atoms with Crippen LogP contribution in [0.3, 0.4) is 0 Å². The average Bonchev–Trinajstić information content (AvgIpc) is 3.57. The Kier molecular flexibility index (Phi) is 5.94. The molecule has 1 aliphatic carbocycles. The fourth-order valence-electron chi connectivity index (χ4n) is 6.55. The van der Waals surface area contributed by atoms with Gasteiger partial charge in [-0.25, -0.2) is 0 Å². The predicted molar refractivity (Wildman–Crippen MR) is 180 cm³/mol. The van der Waals surface area contributed by atoms with E-state index in [4.69, 9.17) is 4.99 Å². The molecular formula is C39H30N2S. The Morgan fingerprint density at radius 3 is 2.40 bits per heavy atom. The number of allylic oxidation sites excluding steroid dienone is 1. The third-order valence-corrected chi connectivity index (χ3v) is 9.88. The zero-order chi connectivity index (χ0) is 28.1. The molecule has 1 unspecified atom stereocenters. The number of aliphatic imine (C=N–C) groups is 1. The second-order valence-corrected chi connectivity index (χ2v) is 12.5. The van der Waals surface area contributed by atoms with Crippen LogP contribution in [-0.2, 0) is 18.4 Å². The highest BCUT2D eigenvalue weighted by Gasteiger charge is 2.32. The summed E-state index contributed by atoms with van der Waals surface area (Å²) in [6.45, 7) is 3.04. The van der Waals surface area contributed by atoms with Crippen LogP contribution in [0.2, 0.25) is 0 Å². The number of thiophene rings is 1. The third kappa shape index (κ3) is 4.12. The maximum atomic E-state index is 4.78. The Labute approximate surface area is 249 Å². The van der Waals surface area contributed by atoms with Crippen molar-refractivity contribution >= 4 is 54.7 Å². The highest BCUT2D eigenvalue weighted by atomic mass is 32.1. The molecule has 3 heteroatoms. The molecule has 0 bridgehead atoms. The Morgan fingerprint density at radius 1 is 0.786 bits per heavy atom. The van der Waals surface area contributed by atoms with Crippen molar-refractivity contribution < 1.29 is 0 Å². The first-order valence-electron chi connectivity index (χ1n) is 14.5. The Hall–Kier alpha value is -4.73. The molecule has 0 saturated heterocycles. The molecule has 0 radical (unpaired) electrons. The van der Waals surface area contributed by atoms with Crippen molar-refractivity contribution in [2.75, 3.05) is 0 Å². The van der Waals surface area contributed by atoms with Gasteiger partial charge >= 0.3 is 0 Å². The fraction of sp³-hybridized carbons (Fsp3) is 0.103. The van der Waals surface area contributed by atoms with Gasteiger partial charge < -0.3 is 4.57 Å². The zero-order valence-electron chi connectivity index (χ0n) is 23.5. The van der Waals surface area contributed by atoms with Gasteiger partial charge in [-0.3, -0.25) is 4.99 Å². The summed E-state index contributed by atoms with van der Waals surface area (Å²) in [5.41, 5.74) is 8.77. The van der Waals surface area contributed by atoms with Crippen LogP contribution in [0.4, 0.5) is 0 Å². The van der Waals surface area contributed by atoms with Gasteiger partial charge in [0.2, 0.25) is 0 Å². The highest BCUT2D eigenvalue weighted by molar-refractivity contribution is 7.26. The van der Waals surface area contributed by atoms with Crippen LogP contribution in [0.25, 0.3) is 42.8 Å². The monoisotopic (exact) mass is 558 g/mol. The summed E-state index contributed by atoms with van der Waals surface area (Å²) in [6.07, 6.45) is 7.72. The topological polar surface area (TPSA) is 17.3 Å². The molecule has 1 aliphatic rings. The number of aromatic nitrogens is 1. The standard InChI is InChI=1S/C39H30N2S/c1-39(29-14-6-3-7-15-29)22-21-31-33-19-20-34-32-17-8-9-18-36(32)42-38(34)37(33)41(35(31)24-39)30-16-10-13-28(23-30)26-40-25-27-11-4-2-5-12-27/h2-23,26H,24-25H2,1H3. The summed E-state index contributed by atoms with van der Waals surface area (Å²) in [7, 11) is 0. The molecule has 0 N–H and O–H groups in total. The number of hydrogen-bond acceptors (Lipinski definition) is 2. The summed E-state index contributed by atoms with van der Waals surface area (Å²) >= 11 is 1.90. The largest absolute Gasteiger partial charge is 0.311 e. The van der Waals surface area contributed by atoms with Crippen LogP contribution in [0.1, 0.15) is 34.9 Å². The van der Waals surface area contributed by atoms with E-state index >= 15 is 0 Å².